The first kappa shape index (κ1) is 13.7. The zero-order valence-electron chi connectivity index (χ0n) is 10.2. The van der Waals surface area contributed by atoms with Gasteiger partial charge in [0.2, 0.25) is 5.91 Å². The van der Waals surface area contributed by atoms with Gasteiger partial charge < -0.3 is 5.32 Å². The summed E-state index contributed by atoms with van der Waals surface area (Å²) in [5.74, 6) is -1.63. The largest absolute Gasteiger partial charge is 0.326 e. The number of halogens is 2. The van der Waals surface area contributed by atoms with E-state index >= 15 is 0 Å². The van der Waals surface area contributed by atoms with Gasteiger partial charge in [0.05, 0.1) is 0 Å². The van der Waals surface area contributed by atoms with E-state index in [1.165, 1.54) is 4.88 Å². The van der Waals surface area contributed by atoms with Crippen LogP contribution in [-0.4, -0.2) is 5.91 Å². The Kier molecular flexibility index (Phi) is 4.63. The average Bonchev–Trinajstić information content (AvgIpc) is 2.80. The zero-order chi connectivity index (χ0) is 13.7. The lowest BCUT2D eigenvalue weighted by atomic mass is 10.2. The molecule has 1 heterocycles. The molecule has 1 N–H and O–H groups in total. The van der Waals surface area contributed by atoms with E-state index < -0.39 is 11.6 Å². The summed E-state index contributed by atoms with van der Waals surface area (Å²) in [6.07, 6.45) is 1.88. The minimum atomic E-state index is -0.700. The second-order valence-electron chi connectivity index (χ2n) is 4.14. The molecule has 0 atom stereocenters. The monoisotopic (exact) mass is 281 g/mol. The number of benzene rings is 1. The van der Waals surface area contributed by atoms with Crippen LogP contribution in [0.1, 0.15) is 17.7 Å². The van der Waals surface area contributed by atoms with Crippen LogP contribution in [0.15, 0.2) is 35.7 Å². The average molecular weight is 281 g/mol. The molecule has 0 aliphatic heterocycles. The van der Waals surface area contributed by atoms with Crippen molar-refractivity contribution in [2.24, 2.45) is 0 Å². The zero-order valence-corrected chi connectivity index (χ0v) is 11.0. The Morgan fingerprint density at radius 3 is 2.58 bits per heavy atom. The Labute approximate surface area is 114 Å². The summed E-state index contributed by atoms with van der Waals surface area (Å²) in [7, 11) is 0. The number of amides is 1. The first-order chi connectivity index (χ1) is 9.13. The number of anilines is 1. The van der Waals surface area contributed by atoms with Crippen molar-refractivity contribution in [3.63, 3.8) is 0 Å². The van der Waals surface area contributed by atoms with Gasteiger partial charge in [0, 0.05) is 23.1 Å². The van der Waals surface area contributed by atoms with Crippen LogP contribution in [0.4, 0.5) is 14.5 Å². The Morgan fingerprint density at radius 1 is 1.21 bits per heavy atom. The number of carbonyl (C=O) groups is 1. The van der Waals surface area contributed by atoms with Crippen LogP contribution in [0.3, 0.4) is 0 Å². The molecule has 2 aromatic rings. The van der Waals surface area contributed by atoms with Crippen LogP contribution in [-0.2, 0) is 11.2 Å². The molecule has 0 aliphatic rings. The van der Waals surface area contributed by atoms with Gasteiger partial charge in [-0.1, -0.05) is 6.07 Å². The predicted octanol–water partition coefficient (Wildman–Crippen LogP) is 3.99. The van der Waals surface area contributed by atoms with Crippen LogP contribution in [0.5, 0.6) is 0 Å². The highest BCUT2D eigenvalue weighted by Crippen LogP contribution is 2.15. The van der Waals surface area contributed by atoms with Crippen LogP contribution in [0, 0.1) is 11.6 Å². The molecule has 2 nitrogen and oxygen atoms in total. The van der Waals surface area contributed by atoms with Gasteiger partial charge in [0.15, 0.2) is 0 Å². The van der Waals surface area contributed by atoms with E-state index in [9.17, 15) is 13.6 Å². The normalized spacial score (nSPS) is 10.4. The van der Waals surface area contributed by atoms with Crippen molar-refractivity contribution in [2.75, 3.05) is 5.32 Å². The van der Waals surface area contributed by atoms with E-state index in [1.807, 2.05) is 17.5 Å². The van der Waals surface area contributed by atoms with Crippen LogP contribution >= 0.6 is 11.3 Å². The standard InChI is InChI=1S/C14H13F2NOS/c15-10-7-11(16)9-12(8-10)17-14(18)5-1-3-13-4-2-6-19-13/h2,4,6-9H,1,3,5H2,(H,17,18). The third-order valence-corrected chi connectivity index (χ3v) is 3.49. The molecule has 0 unspecified atom stereocenters. The van der Waals surface area contributed by atoms with Crippen molar-refractivity contribution >= 4 is 22.9 Å². The van der Waals surface area contributed by atoms with Gasteiger partial charge >= 0.3 is 0 Å². The van der Waals surface area contributed by atoms with Gasteiger partial charge in [0.1, 0.15) is 11.6 Å². The topological polar surface area (TPSA) is 29.1 Å². The summed E-state index contributed by atoms with van der Waals surface area (Å²) in [6.45, 7) is 0. The molecule has 0 saturated carbocycles. The van der Waals surface area contributed by atoms with Crippen molar-refractivity contribution in [1.82, 2.24) is 0 Å². The molecule has 0 saturated heterocycles. The summed E-state index contributed by atoms with van der Waals surface area (Å²) in [4.78, 5) is 12.8. The number of hydrogen-bond donors (Lipinski definition) is 1. The van der Waals surface area contributed by atoms with E-state index in [0.29, 0.717) is 12.8 Å². The molecule has 0 bridgehead atoms. The van der Waals surface area contributed by atoms with Crippen LogP contribution in [0.25, 0.3) is 0 Å². The van der Waals surface area contributed by atoms with E-state index in [0.717, 1.165) is 24.6 Å². The van der Waals surface area contributed by atoms with E-state index in [2.05, 4.69) is 5.32 Å². The van der Waals surface area contributed by atoms with Crippen molar-refractivity contribution in [3.8, 4) is 0 Å². The molecule has 0 radical (unpaired) electrons. The van der Waals surface area contributed by atoms with Crippen molar-refractivity contribution in [1.29, 1.82) is 0 Å². The Morgan fingerprint density at radius 2 is 1.95 bits per heavy atom. The first-order valence-corrected chi connectivity index (χ1v) is 6.80. The fourth-order valence-corrected chi connectivity index (χ4v) is 2.48. The molecule has 1 amide bonds. The molecular formula is C14H13F2NOS. The molecule has 0 fully saturated rings. The quantitative estimate of drug-likeness (QED) is 0.882. The van der Waals surface area contributed by atoms with Gasteiger partial charge in [-0.25, -0.2) is 8.78 Å². The van der Waals surface area contributed by atoms with Crippen LogP contribution in [0.2, 0.25) is 0 Å². The summed E-state index contributed by atoms with van der Waals surface area (Å²) in [5.41, 5.74) is 0.152. The van der Waals surface area contributed by atoms with E-state index in [4.69, 9.17) is 0 Å². The van der Waals surface area contributed by atoms with Gasteiger partial charge in [-0.3, -0.25) is 4.79 Å². The molecular weight excluding hydrogens is 268 g/mol. The second kappa shape index (κ2) is 6.43. The van der Waals surface area contributed by atoms with Crippen molar-refractivity contribution in [2.45, 2.75) is 19.3 Å². The van der Waals surface area contributed by atoms with Gasteiger partial charge in [-0.05, 0) is 36.4 Å². The Balaban J connectivity index is 1.80. The highest BCUT2D eigenvalue weighted by molar-refractivity contribution is 7.09. The van der Waals surface area contributed by atoms with Crippen molar-refractivity contribution < 1.29 is 13.6 Å². The summed E-state index contributed by atoms with van der Waals surface area (Å²) in [5, 5.41) is 4.48. The molecule has 0 spiro atoms. The third-order valence-electron chi connectivity index (χ3n) is 2.55. The third kappa shape index (κ3) is 4.44. The molecule has 100 valence electrons. The number of thiophene rings is 1. The van der Waals surface area contributed by atoms with Gasteiger partial charge in [-0.2, -0.15) is 0 Å². The maximum Gasteiger partial charge on any atom is 0.224 e. The van der Waals surface area contributed by atoms with E-state index in [1.54, 1.807) is 11.3 Å². The lowest BCUT2D eigenvalue weighted by molar-refractivity contribution is -0.116. The number of hydrogen-bond acceptors (Lipinski definition) is 2. The highest BCUT2D eigenvalue weighted by Gasteiger charge is 2.05. The molecule has 1 aromatic carbocycles. The van der Waals surface area contributed by atoms with Gasteiger partial charge in [0.25, 0.3) is 0 Å². The minimum Gasteiger partial charge on any atom is -0.326 e. The summed E-state index contributed by atoms with van der Waals surface area (Å²) >= 11 is 1.65. The molecule has 0 aliphatic carbocycles. The van der Waals surface area contributed by atoms with E-state index in [-0.39, 0.29) is 11.6 Å². The number of carbonyl (C=O) groups excluding carboxylic acids is 1. The van der Waals surface area contributed by atoms with Crippen LogP contribution < -0.4 is 5.32 Å². The maximum absolute atomic E-state index is 12.9. The number of nitrogens with one attached hydrogen (secondary N) is 1. The Hall–Kier alpha value is -1.75. The predicted molar refractivity (Wildman–Crippen MR) is 72.2 cm³/mol. The highest BCUT2D eigenvalue weighted by atomic mass is 32.1. The summed E-state index contributed by atoms with van der Waals surface area (Å²) in [6, 6.07) is 6.95. The second-order valence-corrected chi connectivity index (χ2v) is 5.17. The SMILES string of the molecule is O=C(CCCc1cccs1)Nc1cc(F)cc(F)c1. The number of rotatable bonds is 5. The molecule has 19 heavy (non-hydrogen) atoms. The lowest BCUT2D eigenvalue weighted by Gasteiger charge is -2.05. The van der Waals surface area contributed by atoms with Crippen molar-refractivity contribution in [3.05, 3.63) is 52.2 Å². The smallest absolute Gasteiger partial charge is 0.224 e. The molecule has 5 heteroatoms. The molecule has 2 rings (SSSR count). The number of aryl methyl sites for hydroxylation is 1. The Bertz CT molecular complexity index is 534. The van der Waals surface area contributed by atoms with Gasteiger partial charge in [-0.15, -0.1) is 11.3 Å². The first-order valence-electron chi connectivity index (χ1n) is 5.92. The minimum absolute atomic E-state index is 0.152. The maximum atomic E-state index is 12.9. The summed E-state index contributed by atoms with van der Waals surface area (Å²) < 4.78 is 25.9. The fourth-order valence-electron chi connectivity index (χ4n) is 1.73. The fraction of sp³-hybridized carbons (Fsp3) is 0.214. The molecule has 1 aromatic heterocycles. The lowest BCUT2D eigenvalue weighted by Crippen LogP contribution is -2.11.